The molecule has 1 aliphatic rings. The van der Waals surface area contributed by atoms with E-state index in [1.54, 1.807) is 13.8 Å². The van der Waals surface area contributed by atoms with Gasteiger partial charge in [0.05, 0.1) is 24.6 Å². The number of nitrogens with one attached hydrogen (secondary N) is 1. The van der Waals surface area contributed by atoms with E-state index in [2.05, 4.69) is 15.3 Å². The van der Waals surface area contributed by atoms with Gasteiger partial charge in [-0.1, -0.05) is 12.1 Å². The van der Waals surface area contributed by atoms with Crippen LogP contribution >= 0.6 is 0 Å². The summed E-state index contributed by atoms with van der Waals surface area (Å²) in [6.07, 6.45) is -3.69. The zero-order valence-electron chi connectivity index (χ0n) is 16.9. The van der Waals surface area contributed by atoms with E-state index in [4.69, 9.17) is 5.73 Å². The number of aryl methyl sites for hydroxylation is 1. The van der Waals surface area contributed by atoms with Gasteiger partial charge in [-0.25, -0.2) is 9.97 Å². The summed E-state index contributed by atoms with van der Waals surface area (Å²) in [4.78, 5) is 20.8. The van der Waals surface area contributed by atoms with Crippen LogP contribution in [0.1, 0.15) is 41.4 Å². The summed E-state index contributed by atoms with van der Waals surface area (Å²) in [6.45, 7) is 1.80. The number of aromatic nitrogens is 2. The second-order valence-corrected chi connectivity index (χ2v) is 8.11. The Morgan fingerprint density at radius 1 is 1.35 bits per heavy atom. The van der Waals surface area contributed by atoms with Crippen molar-refractivity contribution in [2.45, 2.75) is 50.1 Å². The number of nitrogens with zero attached hydrogens (tertiary/aromatic N) is 2. The van der Waals surface area contributed by atoms with Crippen molar-refractivity contribution in [3.63, 3.8) is 0 Å². The Hall–Kier alpha value is -2.76. The quantitative estimate of drug-likeness (QED) is 0.473. The minimum atomic E-state index is -5.12. The number of carbonyl (C=O) groups is 1. The molecular formula is C20H23F3N4O4. The molecule has 3 rings (SSSR count). The van der Waals surface area contributed by atoms with Crippen molar-refractivity contribution in [3.05, 3.63) is 41.2 Å². The molecule has 0 saturated heterocycles. The molecule has 0 aliphatic heterocycles. The maximum absolute atomic E-state index is 13.3. The van der Waals surface area contributed by atoms with E-state index in [-0.39, 0.29) is 22.8 Å². The van der Waals surface area contributed by atoms with Crippen molar-refractivity contribution in [1.29, 1.82) is 0 Å². The van der Waals surface area contributed by atoms with Gasteiger partial charge < -0.3 is 26.4 Å². The molecule has 1 heterocycles. The molecule has 1 atom stereocenters. The molecule has 1 aliphatic carbocycles. The molecule has 1 fully saturated rings. The van der Waals surface area contributed by atoms with E-state index in [0.29, 0.717) is 18.4 Å². The lowest BCUT2D eigenvalue weighted by Gasteiger charge is -2.43. The van der Waals surface area contributed by atoms with E-state index >= 15 is 0 Å². The van der Waals surface area contributed by atoms with Crippen LogP contribution in [0, 0.1) is 6.92 Å². The molecule has 1 aromatic carbocycles. The average Bonchev–Trinajstić information content (AvgIpc) is 2.66. The Labute approximate surface area is 176 Å². The van der Waals surface area contributed by atoms with Gasteiger partial charge in [0, 0.05) is 11.1 Å². The third kappa shape index (κ3) is 4.21. The summed E-state index contributed by atoms with van der Waals surface area (Å²) in [5.41, 5.74) is 1.66. The maximum Gasteiger partial charge on any atom is 0.423 e. The van der Waals surface area contributed by atoms with Crippen LogP contribution in [0.2, 0.25) is 0 Å². The minimum Gasteiger partial charge on any atom is -0.393 e. The molecule has 1 aromatic heterocycles. The van der Waals surface area contributed by atoms with E-state index in [1.807, 2.05) is 0 Å². The lowest BCUT2D eigenvalue weighted by Crippen LogP contribution is -2.57. The van der Waals surface area contributed by atoms with Gasteiger partial charge in [0.15, 0.2) is 11.5 Å². The van der Waals surface area contributed by atoms with Crippen molar-refractivity contribution in [2.75, 3.05) is 12.3 Å². The summed E-state index contributed by atoms with van der Waals surface area (Å²) in [7, 11) is 0. The van der Waals surface area contributed by atoms with Gasteiger partial charge in [0.25, 0.3) is 5.91 Å². The molecule has 0 bridgehead atoms. The zero-order valence-corrected chi connectivity index (χ0v) is 16.9. The van der Waals surface area contributed by atoms with Gasteiger partial charge in [0.2, 0.25) is 5.60 Å². The van der Waals surface area contributed by atoms with Gasteiger partial charge in [-0.15, -0.1) is 0 Å². The van der Waals surface area contributed by atoms with E-state index < -0.39 is 41.5 Å². The summed E-state index contributed by atoms with van der Waals surface area (Å²) in [6, 6.07) is 3.44. The van der Waals surface area contributed by atoms with Crippen LogP contribution in [0.3, 0.4) is 0 Å². The number of alkyl halides is 3. The highest BCUT2D eigenvalue weighted by Crippen LogP contribution is 2.40. The highest BCUT2D eigenvalue weighted by atomic mass is 19.4. The van der Waals surface area contributed by atoms with Crippen molar-refractivity contribution >= 4 is 11.7 Å². The van der Waals surface area contributed by atoms with Crippen LogP contribution < -0.4 is 11.1 Å². The van der Waals surface area contributed by atoms with Crippen molar-refractivity contribution < 1.29 is 33.3 Å². The second-order valence-electron chi connectivity index (χ2n) is 8.11. The Balaban J connectivity index is 2.00. The molecule has 1 saturated carbocycles. The van der Waals surface area contributed by atoms with Crippen LogP contribution in [-0.2, 0) is 5.60 Å². The number of rotatable bonds is 5. The van der Waals surface area contributed by atoms with Crippen molar-refractivity contribution in [3.8, 4) is 11.3 Å². The van der Waals surface area contributed by atoms with Gasteiger partial charge in [-0.2, -0.15) is 13.2 Å². The molecule has 0 unspecified atom stereocenters. The number of carbonyl (C=O) groups excluding carboxylic acids is 1. The van der Waals surface area contributed by atoms with E-state index in [1.165, 1.54) is 12.3 Å². The zero-order chi connectivity index (χ0) is 23.2. The fraction of sp³-hybridized carbons (Fsp3) is 0.450. The Bertz CT molecular complexity index is 1010. The summed E-state index contributed by atoms with van der Waals surface area (Å²) < 4.78 is 40.0. The highest BCUT2D eigenvalue weighted by molar-refractivity contribution is 5.97. The number of hydrogen-bond acceptors (Lipinski definition) is 7. The van der Waals surface area contributed by atoms with Crippen LogP contribution in [-0.4, -0.2) is 55.6 Å². The Morgan fingerprint density at radius 2 is 2.00 bits per heavy atom. The molecule has 2 aromatic rings. The highest BCUT2D eigenvalue weighted by Gasteiger charge is 2.54. The lowest BCUT2D eigenvalue weighted by molar-refractivity contribution is -0.277. The standard InChI is InChI=1S/C20H23F3N4O4/c1-10-3-4-11(19(31,9-28)20(21,22)23)5-13(10)14-8-25-16(24)15(26-14)17(30)27-18(2)6-12(29)7-18/h3-5,8,12,28-29,31H,6-7,9H2,1-2H3,(H2,24,25)(H,27,30)/t12?,18?,19-/m1/s1. The number of nitrogens with two attached hydrogens (primary N) is 1. The number of halogens is 3. The largest absolute Gasteiger partial charge is 0.423 e. The van der Waals surface area contributed by atoms with Gasteiger partial charge in [0.1, 0.15) is 0 Å². The fourth-order valence-corrected chi connectivity index (χ4v) is 3.61. The number of nitrogen functional groups attached to an aromatic ring is 1. The van der Waals surface area contributed by atoms with Crippen LogP contribution in [0.4, 0.5) is 19.0 Å². The SMILES string of the molecule is Cc1ccc([C@](O)(CO)C(F)(F)F)cc1-c1cnc(N)c(C(=O)NC2(C)CC(O)C2)n1. The number of aliphatic hydroxyl groups is 3. The van der Waals surface area contributed by atoms with E-state index in [0.717, 1.165) is 12.1 Å². The first-order chi connectivity index (χ1) is 14.3. The average molecular weight is 440 g/mol. The first-order valence-electron chi connectivity index (χ1n) is 9.44. The van der Waals surface area contributed by atoms with Crippen molar-refractivity contribution in [2.24, 2.45) is 0 Å². The second kappa shape index (κ2) is 7.74. The minimum absolute atomic E-state index is 0.0694. The van der Waals surface area contributed by atoms with Gasteiger partial charge in [-0.05, 0) is 43.9 Å². The monoisotopic (exact) mass is 440 g/mol. The molecule has 0 radical (unpaired) electrons. The number of hydrogen-bond donors (Lipinski definition) is 5. The van der Waals surface area contributed by atoms with E-state index in [9.17, 15) is 33.3 Å². The molecule has 31 heavy (non-hydrogen) atoms. The molecule has 0 spiro atoms. The van der Waals surface area contributed by atoms with Crippen LogP contribution in [0.15, 0.2) is 24.4 Å². The first kappa shape index (κ1) is 22.9. The topological polar surface area (TPSA) is 142 Å². The normalized spacial score (nSPS) is 23.0. The summed E-state index contributed by atoms with van der Waals surface area (Å²) in [5, 5.41) is 31.5. The summed E-state index contributed by atoms with van der Waals surface area (Å²) >= 11 is 0. The molecule has 6 N–H and O–H groups in total. The number of aliphatic hydroxyl groups excluding tert-OH is 2. The lowest BCUT2D eigenvalue weighted by atomic mass is 9.76. The van der Waals surface area contributed by atoms with Crippen molar-refractivity contribution in [1.82, 2.24) is 15.3 Å². The van der Waals surface area contributed by atoms with Crippen LogP contribution in [0.5, 0.6) is 0 Å². The Kier molecular flexibility index (Phi) is 5.72. The first-order valence-corrected chi connectivity index (χ1v) is 9.44. The molecular weight excluding hydrogens is 417 g/mol. The predicted molar refractivity (Wildman–Crippen MR) is 105 cm³/mol. The molecule has 11 heteroatoms. The van der Waals surface area contributed by atoms with Crippen LogP contribution in [0.25, 0.3) is 11.3 Å². The summed E-state index contributed by atoms with van der Waals surface area (Å²) in [5.74, 6) is -0.794. The predicted octanol–water partition coefficient (Wildman–Crippen LogP) is 1.42. The Morgan fingerprint density at radius 3 is 2.55 bits per heavy atom. The molecule has 168 valence electrons. The third-order valence-corrected chi connectivity index (χ3v) is 5.49. The number of amides is 1. The molecule has 1 amide bonds. The van der Waals surface area contributed by atoms with Gasteiger partial charge in [-0.3, -0.25) is 4.79 Å². The van der Waals surface area contributed by atoms with Gasteiger partial charge >= 0.3 is 6.18 Å². The fourth-order valence-electron chi connectivity index (χ4n) is 3.61. The number of benzene rings is 1. The third-order valence-electron chi connectivity index (χ3n) is 5.49. The maximum atomic E-state index is 13.3. The smallest absolute Gasteiger partial charge is 0.393 e. The number of anilines is 1. The molecule has 8 nitrogen and oxygen atoms in total.